The molecule has 1 aliphatic heterocycles. The number of carbonyl (C=O) groups excluding carboxylic acids is 1. The van der Waals surface area contributed by atoms with Crippen LogP contribution in [0.1, 0.15) is 12.8 Å². The lowest BCUT2D eigenvalue weighted by atomic mass is 9.97. The van der Waals surface area contributed by atoms with Crippen molar-refractivity contribution in [3.8, 4) is 0 Å². The molecule has 1 fully saturated rings. The molecular weight excluding hydrogens is 320 g/mol. The Labute approximate surface area is 140 Å². The van der Waals surface area contributed by atoms with Crippen LogP contribution < -0.4 is 5.32 Å². The molecule has 0 unspecified atom stereocenters. The first-order valence-corrected chi connectivity index (χ1v) is 8.57. The Morgan fingerprint density at radius 1 is 1.30 bits per heavy atom. The number of nitrogens with one attached hydrogen (secondary N) is 1. The third-order valence-corrected chi connectivity index (χ3v) is 4.58. The Kier molecular flexibility index (Phi) is 6.65. The molecule has 0 atom stereocenters. The number of rotatable bonds is 5. The number of amides is 2. The van der Waals surface area contributed by atoms with Gasteiger partial charge in [0.25, 0.3) is 5.76 Å². The molecule has 0 aromatic heterocycles. The average molecular weight is 343 g/mol. The SMILES string of the molecule is CN(C)CC1CCN(C(=O)Nc2ccc(SC(F)F)cc2)CC1. The summed E-state index contributed by atoms with van der Waals surface area (Å²) in [4.78, 5) is 16.7. The Bertz CT molecular complexity index is 503. The number of piperidine rings is 1. The third kappa shape index (κ3) is 5.99. The second kappa shape index (κ2) is 8.49. The van der Waals surface area contributed by atoms with Crippen molar-refractivity contribution in [2.45, 2.75) is 23.5 Å². The predicted molar refractivity (Wildman–Crippen MR) is 90.2 cm³/mol. The summed E-state index contributed by atoms with van der Waals surface area (Å²) >= 11 is 0.499. The number of anilines is 1. The molecule has 1 aliphatic rings. The minimum Gasteiger partial charge on any atom is -0.325 e. The second-order valence-electron chi connectivity index (χ2n) is 6.03. The zero-order valence-corrected chi connectivity index (χ0v) is 14.3. The zero-order chi connectivity index (χ0) is 16.8. The van der Waals surface area contributed by atoms with Crippen molar-refractivity contribution in [2.24, 2.45) is 5.92 Å². The molecular formula is C16H23F2N3OS. The molecule has 1 aromatic carbocycles. The van der Waals surface area contributed by atoms with Gasteiger partial charge in [0.1, 0.15) is 0 Å². The van der Waals surface area contributed by atoms with Gasteiger partial charge in [0.15, 0.2) is 0 Å². The molecule has 4 nitrogen and oxygen atoms in total. The van der Waals surface area contributed by atoms with E-state index in [4.69, 9.17) is 0 Å². The number of alkyl halides is 2. The van der Waals surface area contributed by atoms with Gasteiger partial charge in [-0.2, -0.15) is 8.78 Å². The second-order valence-corrected chi connectivity index (χ2v) is 7.09. The normalized spacial score (nSPS) is 16.2. The fourth-order valence-electron chi connectivity index (χ4n) is 2.76. The van der Waals surface area contributed by atoms with Gasteiger partial charge in [0, 0.05) is 30.2 Å². The van der Waals surface area contributed by atoms with Gasteiger partial charge in [-0.3, -0.25) is 0 Å². The van der Waals surface area contributed by atoms with Gasteiger partial charge >= 0.3 is 6.03 Å². The van der Waals surface area contributed by atoms with E-state index < -0.39 is 5.76 Å². The summed E-state index contributed by atoms with van der Waals surface area (Å²) in [6.45, 7) is 2.56. The molecule has 2 amide bonds. The van der Waals surface area contributed by atoms with Crippen molar-refractivity contribution in [3.05, 3.63) is 24.3 Å². The van der Waals surface area contributed by atoms with Crippen LogP contribution in [0.2, 0.25) is 0 Å². The van der Waals surface area contributed by atoms with Crippen LogP contribution in [0.25, 0.3) is 0 Å². The monoisotopic (exact) mass is 343 g/mol. The molecule has 7 heteroatoms. The van der Waals surface area contributed by atoms with Crippen LogP contribution in [0.15, 0.2) is 29.2 Å². The molecule has 1 saturated heterocycles. The number of urea groups is 1. The van der Waals surface area contributed by atoms with E-state index in [9.17, 15) is 13.6 Å². The number of hydrogen-bond acceptors (Lipinski definition) is 3. The molecule has 128 valence electrons. The molecule has 0 radical (unpaired) electrons. The van der Waals surface area contributed by atoms with Crippen LogP contribution in [0.5, 0.6) is 0 Å². The van der Waals surface area contributed by atoms with E-state index in [1.165, 1.54) is 0 Å². The number of carbonyl (C=O) groups is 1. The first kappa shape index (κ1) is 18.0. The lowest BCUT2D eigenvalue weighted by molar-refractivity contribution is 0.170. The Balaban J connectivity index is 1.81. The topological polar surface area (TPSA) is 35.6 Å². The lowest BCUT2D eigenvalue weighted by Crippen LogP contribution is -2.42. The Morgan fingerprint density at radius 2 is 1.91 bits per heavy atom. The Hall–Kier alpha value is -1.34. The van der Waals surface area contributed by atoms with Crippen LogP contribution in [0.3, 0.4) is 0 Å². The van der Waals surface area contributed by atoms with E-state index in [2.05, 4.69) is 24.3 Å². The van der Waals surface area contributed by atoms with E-state index in [0.29, 0.717) is 28.3 Å². The number of likely N-dealkylation sites (tertiary alicyclic amines) is 1. The van der Waals surface area contributed by atoms with Crippen LogP contribution in [-0.4, -0.2) is 55.3 Å². The largest absolute Gasteiger partial charge is 0.325 e. The standard InChI is InChI=1S/C16H23F2N3OS/c1-20(2)11-12-7-9-21(10-8-12)16(22)19-13-3-5-14(6-4-13)23-15(17)18/h3-6,12,15H,7-11H2,1-2H3,(H,19,22). The summed E-state index contributed by atoms with van der Waals surface area (Å²) in [6.07, 6.45) is 2.02. The molecule has 0 saturated carbocycles. The van der Waals surface area contributed by atoms with E-state index in [-0.39, 0.29) is 6.03 Å². The van der Waals surface area contributed by atoms with Crippen LogP contribution in [0, 0.1) is 5.92 Å². The van der Waals surface area contributed by atoms with E-state index in [0.717, 1.165) is 32.5 Å². The number of halogens is 2. The van der Waals surface area contributed by atoms with E-state index in [1.54, 1.807) is 24.3 Å². The highest BCUT2D eigenvalue weighted by molar-refractivity contribution is 7.99. The van der Waals surface area contributed by atoms with Crippen molar-refractivity contribution in [3.63, 3.8) is 0 Å². The van der Waals surface area contributed by atoms with Gasteiger partial charge in [-0.1, -0.05) is 11.8 Å². The molecule has 2 rings (SSSR count). The van der Waals surface area contributed by atoms with Gasteiger partial charge in [0.2, 0.25) is 0 Å². The maximum absolute atomic E-state index is 12.3. The minimum atomic E-state index is -2.43. The molecule has 1 aromatic rings. The highest BCUT2D eigenvalue weighted by Crippen LogP contribution is 2.26. The lowest BCUT2D eigenvalue weighted by Gasteiger charge is -2.33. The van der Waals surface area contributed by atoms with Gasteiger partial charge in [-0.05, 0) is 57.1 Å². The van der Waals surface area contributed by atoms with E-state index in [1.807, 2.05) is 4.90 Å². The van der Waals surface area contributed by atoms with Crippen molar-refractivity contribution >= 4 is 23.5 Å². The predicted octanol–water partition coefficient (Wildman–Crippen LogP) is 3.81. The summed E-state index contributed by atoms with van der Waals surface area (Å²) in [7, 11) is 4.13. The van der Waals surface area contributed by atoms with E-state index >= 15 is 0 Å². The van der Waals surface area contributed by atoms with Crippen molar-refractivity contribution < 1.29 is 13.6 Å². The van der Waals surface area contributed by atoms with Crippen molar-refractivity contribution in [1.29, 1.82) is 0 Å². The summed E-state index contributed by atoms with van der Waals surface area (Å²) in [5, 5.41) is 2.83. The fraction of sp³-hybridized carbons (Fsp3) is 0.562. The highest BCUT2D eigenvalue weighted by atomic mass is 32.2. The summed E-state index contributed by atoms with van der Waals surface area (Å²) in [5.41, 5.74) is 0.629. The third-order valence-electron chi connectivity index (χ3n) is 3.86. The van der Waals surface area contributed by atoms with Crippen molar-refractivity contribution in [2.75, 3.05) is 39.0 Å². The number of benzene rings is 1. The minimum absolute atomic E-state index is 0.123. The van der Waals surface area contributed by atoms with Crippen LogP contribution >= 0.6 is 11.8 Å². The highest BCUT2D eigenvalue weighted by Gasteiger charge is 2.23. The van der Waals surface area contributed by atoms with Gasteiger partial charge in [-0.25, -0.2) is 4.79 Å². The summed E-state index contributed by atoms with van der Waals surface area (Å²) in [5.74, 6) is -1.79. The number of nitrogens with zero attached hydrogens (tertiary/aromatic N) is 2. The van der Waals surface area contributed by atoms with Gasteiger partial charge in [0.05, 0.1) is 0 Å². The number of thioether (sulfide) groups is 1. The fourth-order valence-corrected chi connectivity index (χ4v) is 3.26. The molecule has 1 heterocycles. The van der Waals surface area contributed by atoms with Crippen LogP contribution in [-0.2, 0) is 0 Å². The summed E-state index contributed by atoms with van der Waals surface area (Å²) < 4.78 is 24.5. The first-order valence-electron chi connectivity index (χ1n) is 7.69. The maximum atomic E-state index is 12.3. The molecule has 1 N–H and O–H groups in total. The molecule has 0 aliphatic carbocycles. The smallest absolute Gasteiger partial charge is 0.321 e. The van der Waals surface area contributed by atoms with Gasteiger partial charge in [-0.15, -0.1) is 0 Å². The number of hydrogen-bond donors (Lipinski definition) is 1. The maximum Gasteiger partial charge on any atom is 0.321 e. The van der Waals surface area contributed by atoms with Crippen molar-refractivity contribution in [1.82, 2.24) is 9.80 Å². The average Bonchev–Trinajstić information content (AvgIpc) is 2.49. The van der Waals surface area contributed by atoms with Gasteiger partial charge < -0.3 is 15.1 Å². The molecule has 0 bridgehead atoms. The first-order chi connectivity index (χ1) is 10.9. The molecule has 23 heavy (non-hydrogen) atoms. The zero-order valence-electron chi connectivity index (χ0n) is 13.5. The quantitative estimate of drug-likeness (QED) is 0.826. The molecule has 0 spiro atoms. The Morgan fingerprint density at radius 3 is 2.43 bits per heavy atom. The summed E-state index contributed by atoms with van der Waals surface area (Å²) in [6, 6.07) is 6.37. The van der Waals surface area contributed by atoms with Crippen LogP contribution in [0.4, 0.5) is 19.3 Å².